The monoisotopic (exact) mass is 239 g/mol. The van der Waals surface area contributed by atoms with Gasteiger partial charge in [-0.05, 0) is 42.9 Å². The zero-order valence-corrected chi connectivity index (χ0v) is 10.2. The second-order valence-electron chi connectivity index (χ2n) is 5.35. The number of benzene rings is 1. The molecule has 3 heteroatoms. The molecule has 1 fully saturated rings. The average Bonchev–Trinajstić information content (AvgIpc) is 2.41. The van der Waals surface area contributed by atoms with E-state index < -0.39 is 17.2 Å². The molecule has 1 aromatic rings. The fraction of sp³-hybridized carbons (Fsp3) is 0.571. The zero-order valence-electron chi connectivity index (χ0n) is 10.2. The predicted molar refractivity (Wildman–Crippen MR) is 64.5 cm³/mol. The molecule has 0 aromatic heterocycles. The van der Waals surface area contributed by atoms with Crippen LogP contribution in [0.25, 0.3) is 0 Å². The Labute approximate surface area is 101 Å². The van der Waals surface area contributed by atoms with E-state index >= 15 is 0 Å². The first-order valence-corrected chi connectivity index (χ1v) is 6.25. The fourth-order valence-electron chi connectivity index (χ4n) is 2.67. The summed E-state index contributed by atoms with van der Waals surface area (Å²) in [5.74, 6) is -0.428. The van der Waals surface area contributed by atoms with Crippen LogP contribution < -0.4 is 5.73 Å². The van der Waals surface area contributed by atoms with Gasteiger partial charge in [0.25, 0.3) is 0 Å². The van der Waals surface area contributed by atoms with Crippen molar-refractivity contribution < 1.29 is 8.78 Å². The molecule has 1 saturated carbocycles. The van der Waals surface area contributed by atoms with Crippen LogP contribution in [0, 0.1) is 17.6 Å². The Kier molecular flexibility index (Phi) is 3.48. The lowest BCUT2D eigenvalue weighted by atomic mass is 9.83. The summed E-state index contributed by atoms with van der Waals surface area (Å²) in [6.45, 7) is 2.21. The van der Waals surface area contributed by atoms with Crippen molar-refractivity contribution in [2.45, 2.75) is 44.6 Å². The van der Waals surface area contributed by atoms with Crippen LogP contribution in [0.15, 0.2) is 18.2 Å². The van der Waals surface area contributed by atoms with Crippen molar-refractivity contribution in [2.24, 2.45) is 11.7 Å². The summed E-state index contributed by atoms with van der Waals surface area (Å²) in [7, 11) is 0. The van der Waals surface area contributed by atoms with Crippen molar-refractivity contribution in [2.75, 3.05) is 0 Å². The molecular formula is C14H19F2N. The number of halogens is 2. The van der Waals surface area contributed by atoms with Gasteiger partial charge in [0.1, 0.15) is 11.6 Å². The van der Waals surface area contributed by atoms with Crippen LogP contribution >= 0.6 is 0 Å². The van der Waals surface area contributed by atoms with E-state index in [1.54, 1.807) is 0 Å². The highest BCUT2D eigenvalue weighted by atomic mass is 19.1. The van der Waals surface area contributed by atoms with Gasteiger partial charge >= 0.3 is 0 Å². The van der Waals surface area contributed by atoms with E-state index in [0.717, 1.165) is 38.2 Å². The molecule has 2 unspecified atom stereocenters. The molecule has 17 heavy (non-hydrogen) atoms. The minimum atomic E-state index is -0.562. The molecular weight excluding hydrogens is 220 g/mol. The molecule has 94 valence electrons. The molecule has 0 radical (unpaired) electrons. The van der Waals surface area contributed by atoms with E-state index in [0.29, 0.717) is 11.5 Å². The molecule has 1 nitrogen and oxygen atoms in total. The summed E-state index contributed by atoms with van der Waals surface area (Å²) >= 11 is 0. The van der Waals surface area contributed by atoms with Crippen molar-refractivity contribution in [3.63, 3.8) is 0 Å². The topological polar surface area (TPSA) is 26.0 Å². The maximum atomic E-state index is 13.2. The smallest absolute Gasteiger partial charge is 0.126 e. The first kappa shape index (κ1) is 12.5. The van der Waals surface area contributed by atoms with Gasteiger partial charge < -0.3 is 5.73 Å². The molecule has 1 aliphatic carbocycles. The van der Waals surface area contributed by atoms with E-state index in [9.17, 15) is 8.78 Å². The van der Waals surface area contributed by atoms with Crippen LogP contribution in [0.3, 0.4) is 0 Å². The molecule has 0 heterocycles. The average molecular weight is 239 g/mol. The van der Waals surface area contributed by atoms with Gasteiger partial charge in [0.15, 0.2) is 0 Å². The van der Waals surface area contributed by atoms with Crippen LogP contribution in [0.1, 0.15) is 44.6 Å². The normalized spacial score (nSPS) is 30.0. The Bertz CT molecular complexity index is 385. The quantitative estimate of drug-likeness (QED) is 0.743. The summed E-state index contributed by atoms with van der Waals surface area (Å²) in [5.41, 5.74) is 6.39. The first-order valence-electron chi connectivity index (χ1n) is 6.25. The van der Waals surface area contributed by atoms with Gasteiger partial charge in [0, 0.05) is 11.6 Å². The lowest BCUT2D eigenvalue weighted by Crippen LogP contribution is -2.36. The van der Waals surface area contributed by atoms with Gasteiger partial charge in [-0.1, -0.05) is 19.8 Å². The van der Waals surface area contributed by atoms with Gasteiger partial charge in [-0.15, -0.1) is 0 Å². The SMILES string of the molecule is CC1CCCC(N)(c2cc(F)cc(F)c2)CC1. The Morgan fingerprint density at radius 2 is 1.76 bits per heavy atom. The van der Waals surface area contributed by atoms with Crippen LogP contribution in [-0.4, -0.2) is 0 Å². The maximum absolute atomic E-state index is 13.2. The minimum Gasteiger partial charge on any atom is -0.321 e. The van der Waals surface area contributed by atoms with Crippen LogP contribution in [-0.2, 0) is 5.54 Å². The first-order chi connectivity index (χ1) is 7.99. The van der Waals surface area contributed by atoms with Crippen molar-refractivity contribution in [3.8, 4) is 0 Å². The number of hydrogen-bond acceptors (Lipinski definition) is 1. The van der Waals surface area contributed by atoms with Crippen LogP contribution in [0.2, 0.25) is 0 Å². The second kappa shape index (κ2) is 4.73. The van der Waals surface area contributed by atoms with Crippen molar-refractivity contribution >= 4 is 0 Å². The molecule has 2 rings (SSSR count). The van der Waals surface area contributed by atoms with Crippen LogP contribution in [0.5, 0.6) is 0 Å². The maximum Gasteiger partial charge on any atom is 0.126 e. The van der Waals surface area contributed by atoms with Crippen molar-refractivity contribution in [1.29, 1.82) is 0 Å². The van der Waals surface area contributed by atoms with E-state index in [4.69, 9.17) is 5.73 Å². The Morgan fingerprint density at radius 1 is 1.12 bits per heavy atom. The summed E-state index contributed by atoms with van der Waals surface area (Å²) in [6.07, 6.45) is 4.80. The van der Waals surface area contributed by atoms with E-state index in [2.05, 4.69) is 6.92 Å². The molecule has 0 bridgehead atoms. The molecule has 0 amide bonds. The minimum absolute atomic E-state index is 0.540. The third-order valence-corrected chi connectivity index (χ3v) is 3.84. The van der Waals surface area contributed by atoms with E-state index in [1.807, 2.05) is 0 Å². The lowest BCUT2D eigenvalue weighted by Gasteiger charge is -2.29. The fourth-order valence-corrected chi connectivity index (χ4v) is 2.67. The molecule has 0 aliphatic heterocycles. The van der Waals surface area contributed by atoms with Crippen molar-refractivity contribution in [1.82, 2.24) is 0 Å². The Morgan fingerprint density at radius 3 is 2.41 bits per heavy atom. The highest BCUT2D eigenvalue weighted by Crippen LogP contribution is 2.36. The molecule has 2 atom stereocenters. The Balaban J connectivity index is 2.29. The molecule has 2 N–H and O–H groups in total. The van der Waals surface area contributed by atoms with Gasteiger partial charge in [0.2, 0.25) is 0 Å². The van der Waals surface area contributed by atoms with Crippen molar-refractivity contribution in [3.05, 3.63) is 35.4 Å². The molecule has 1 aromatic carbocycles. The molecule has 1 aliphatic rings. The summed E-state index contributed by atoms with van der Waals surface area (Å²) < 4.78 is 26.5. The molecule has 0 spiro atoms. The summed E-state index contributed by atoms with van der Waals surface area (Å²) in [6, 6.07) is 3.64. The lowest BCUT2D eigenvalue weighted by molar-refractivity contribution is 0.374. The summed E-state index contributed by atoms with van der Waals surface area (Å²) in [5, 5.41) is 0. The number of hydrogen-bond donors (Lipinski definition) is 1. The Hall–Kier alpha value is -0.960. The van der Waals surface area contributed by atoms with Gasteiger partial charge in [-0.25, -0.2) is 8.78 Å². The zero-order chi connectivity index (χ0) is 12.5. The van der Waals surface area contributed by atoms with Crippen LogP contribution in [0.4, 0.5) is 8.78 Å². The third-order valence-electron chi connectivity index (χ3n) is 3.84. The predicted octanol–water partition coefficient (Wildman–Crippen LogP) is 3.72. The largest absolute Gasteiger partial charge is 0.321 e. The second-order valence-corrected chi connectivity index (χ2v) is 5.35. The number of nitrogens with two attached hydrogens (primary N) is 1. The standard InChI is InChI=1S/C14H19F2N/c1-10-3-2-5-14(17,6-4-10)11-7-12(15)9-13(16)8-11/h7-10H,2-6,17H2,1H3. The number of rotatable bonds is 1. The summed E-state index contributed by atoms with van der Waals surface area (Å²) in [4.78, 5) is 0. The molecule has 0 saturated heterocycles. The third kappa shape index (κ3) is 2.83. The van der Waals surface area contributed by atoms with Gasteiger partial charge in [-0.3, -0.25) is 0 Å². The van der Waals surface area contributed by atoms with E-state index in [1.165, 1.54) is 12.1 Å². The highest BCUT2D eigenvalue weighted by molar-refractivity contribution is 5.26. The van der Waals surface area contributed by atoms with E-state index in [-0.39, 0.29) is 0 Å². The highest BCUT2D eigenvalue weighted by Gasteiger charge is 2.30. The van der Waals surface area contributed by atoms with Gasteiger partial charge in [0.05, 0.1) is 0 Å². The van der Waals surface area contributed by atoms with Gasteiger partial charge in [-0.2, -0.15) is 0 Å².